The van der Waals surface area contributed by atoms with Gasteiger partial charge in [0.25, 0.3) is 0 Å². The molecule has 0 saturated carbocycles. The first-order valence-electron chi connectivity index (χ1n) is 11.6. The third-order valence-electron chi connectivity index (χ3n) is 6.78. The van der Waals surface area contributed by atoms with Crippen LogP contribution in [0.1, 0.15) is 111 Å². The van der Waals surface area contributed by atoms with E-state index in [0.29, 0.717) is 5.56 Å². The molecule has 32 heavy (non-hydrogen) atoms. The summed E-state index contributed by atoms with van der Waals surface area (Å²) in [6.07, 6.45) is 8.73. The van der Waals surface area contributed by atoms with E-state index in [2.05, 4.69) is 45.7 Å². The fourth-order valence-corrected chi connectivity index (χ4v) is 4.51. The second kappa shape index (κ2) is 9.43. The van der Waals surface area contributed by atoms with Crippen LogP contribution < -0.4 is 4.74 Å². The van der Waals surface area contributed by atoms with Gasteiger partial charge in [-0.25, -0.2) is 14.6 Å². The van der Waals surface area contributed by atoms with Crippen molar-refractivity contribution < 1.29 is 19.4 Å². The minimum Gasteiger partial charge on any atom is -0.478 e. The second-order valence-corrected chi connectivity index (χ2v) is 10.2. The summed E-state index contributed by atoms with van der Waals surface area (Å²) < 4.78 is 5.57. The smallest absolute Gasteiger partial charge is 0.345 e. The number of rotatable bonds is 8. The molecule has 0 unspecified atom stereocenters. The molecule has 0 saturated heterocycles. The number of aromatic nitrogens is 1. The van der Waals surface area contributed by atoms with Crippen LogP contribution in [-0.4, -0.2) is 22.0 Å². The molecule has 172 valence electrons. The number of carbonyl (C=O) groups is 2. The normalized spacial score (nSPS) is 16.3. The molecular formula is C27H35NO4. The highest BCUT2D eigenvalue weighted by atomic mass is 16.5. The fourth-order valence-electron chi connectivity index (χ4n) is 4.51. The summed E-state index contributed by atoms with van der Waals surface area (Å²) in [5.74, 6) is -1.40. The van der Waals surface area contributed by atoms with Crippen molar-refractivity contribution in [2.45, 2.75) is 90.4 Å². The average molecular weight is 438 g/mol. The van der Waals surface area contributed by atoms with Gasteiger partial charge < -0.3 is 9.84 Å². The van der Waals surface area contributed by atoms with Crippen LogP contribution in [0.25, 0.3) is 0 Å². The molecule has 5 nitrogen and oxygen atoms in total. The monoisotopic (exact) mass is 437 g/mol. The number of benzene rings is 1. The van der Waals surface area contributed by atoms with Crippen molar-refractivity contribution in [1.29, 1.82) is 0 Å². The molecule has 1 aromatic carbocycles. The lowest BCUT2D eigenvalue weighted by atomic mass is 9.62. The number of hydrogen-bond acceptors (Lipinski definition) is 4. The summed E-state index contributed by atoms with van der Waals surface area (Å²) >= 11 is 0. The Morgan fingerprint density at radius 2 is 1.66 bits per heavy atom. The molecule has 1 N–H and O–H groups in total. The number of carboxylic acid groups (broad SMARTS) is 1. The minimum absolute atomic E-state index is 0.0119. The van der Waals surface area contributed by atoms with Gasteiger partial charge in [-0.3, -0.25) is 0 Å². The molecule has 5 heteroatoms. The van der Waals surface area contributed by atoms with Crippen LogP contribution in [0, 0.1) is 0 Å². The maximum atomic E-state index is 13.2. The summed E-state index contributed by atoms with van der Waals surface area (Å²) in [5.41, 5.74) is 4.28. The number of aryl methyl sites for hydroxylation is 1. The third kappa shape index (κ3) is 5.20. The number of carbonyl (C=O) groups excluding carboxylic acids is 1. The van der Waals surface area contributed by atoms with Gasteiger partial charge in [-0.2, -0.15) is 0 Å². The highest BCUT2D eigenvalue weighted by Gasteiger charge is 2.38. The van der Waals surface area contributed by atoms with E-state index in [0.717, 1.165) is 44.1 Å². The SMILES string of the molecule is CCCCCCc1cc2c(cc1C(=O)Oc1ccc(C(=O)O)cn1)C(C)(C)CCC2(C)C. The lowest BCUT2D eigenvalue weighted by Gasteiger charge is -2.42. The Kier molecular flexibility index (Phi) is 7.06. The van der Waals surface area contributed by atoms with Crippen molar-refractivity contribution in [3.8, 4) is 5.88 Å². The van der Waals surface area contributed by atoms with Crippen molar-refractivity contribution in [3.05, 3.63) is 58.3 Å². The highest BCUT2D eigenvalue weighted by Crippen LogP contribution is 2.46. The quantitative estimate of drug-likeness (QED) is 0.378. The zero-order valence-electron chi connectivity index (χ0n) is 20.0. The molecule has 1 aliphatic carbocycles. The van der Waals surface area contributed by atoms with Crippen LogP contribution in [-0.2, 0) is 17.3 Å². The lowest BCUT2D eigenvalue weighted by Crippen LogP contribution is -2.34. The molecule has 0 fully saturated rings. The standard InChI is InChI=1S/C27H35NO4/c1-6-7-8-9-10-18-15-21-22(27(4,5)14-13-26(21,2)3)16-20(18)25(31)32-23-12-11-19(17-28-23)24(29)30/h11-12,15-17H,6-10,13-14H2,1-5H3,(H,29,30). The lowest BCUT2D eigenvalue weighted by molar-refractivity contribution is 0.0696. The van der Waals surface area contributed by atoms with Crippen molar-refractivity contribution in [2.24, 2.45) is 0 Å². The van der Waals surface area contributed by atoms with Gasteiger partial charge in [-0.15, -0.1) is 0 Å². The van der Waals surface area contributed by atoms with E-state index in [1.165, 1.54) is 35.9 Å². The number of fused-ring (bicyclic) bond motifs is 1. The predicted octanol–water partition coefficient (Wildman–Crippen LogP) is 6.47. The number of ether oxygens (including phenoxy) is 1. The third-order valence-corrected chi connectivity index (χ3v) is 6.78. The van der Waals surface area contributed by atoms with Crippen LogP contribution in [0.5, 0.6) is 5.88 Å². The first-order chi connectivity index (χ1) is 15.0. The summed E-state index contributed by atoms with van der Waals surface area (Å²) in [5, 5.41) is 9.05. The van der Waals surface area contributed by atoms with Crippen LogP contribution >= 0.6 is 0 Å². The van der Waals surface area contributed by atoms with Crippen LogP contribution in [0.15, 0.2) is 30.5 Å². The van der Waals surface area contributed by atoms with Gasteiger partial charge in [0.15, 0.2) is 0 Å². The van der Waals surface area contributed by atoms with Gasteiger partial charge in [0.1, 0.15) is 0 Å². The van der Waals surface area contributed by atoms with E-state index >= 15 is 0 Å². The Balaban J connectivity index is 1.97. The number of carboxylic acids is 1. The molecule has 1 aliphatic rings. The summed E-state index contributed by atoms with van der Waals surface area (Å²) in [6, 6.07) is 7.09. The van der Waals surface area contributed by atoms with Crippen molar-refractivity contribution >= 4 is 11.9 Å². The summed E-state index contributed by atoms with van der Waals surface area (Å²) in [7, 11) is 0. The average Bonchev–Trinajstić information content (AvgIpc) is 2.74. The van der Waals surface area contributed by atoms with E-state index in [9.17, 15) is 9.59 Å². The molecule has 2 aromatic rings. The highest BCUT2D eigenvalue weighted by molar-refractivity contribution is 5.93. The maximum Gasteiger partial charge on any atom is 0.345 e. The number of aromatic carboxylic acids is 1. The number of unbranched alkanes of at least 4 members (excludes halogenated alkanes) is 3. The Morgan fingerprint density at radius 1 is 1.00 bits per heavy atom. The molecule has 0 aliphatic heterocycles. The zero-order valence-corrected chi connectivity index (χ0v) is 20.0. The second-order valence-electron chi connectivity index (χ2n) is 10.2. The van der Waals surface area contributed by atoms with E-state index in [1.54, 1.807) is 0 Å². The summed E-state index contributed by atoms with van der Waals surface area (Å²) in [4.78, 5) is 28.3. The molecule has 1 aromatic heterocycles. The Labute approximate surface area is 191 Å². The van der Waals surface area contributed by atoms with Crippen LogP contribution in [0.4, 0.5) is 0 Å². The zero-order chi connectivity index (χ0) is 23.5. The molecule has 0 amide bonds. The van der Waals surface area contributed by atoms with Crippen molar-refractivity contribution in [2.75, 3.05) is 0 Å². The van der Waals surface area contributed by atoms with Crippen LogP contribution in [0.2, 0.25) is 0 Å². The van der Waals surface area contributed by atoms with Crippen molar-refractivity contribution in [3.63, 3.8) is 0 Å². The molecule has 3 rings (SSSR count). The molecule has 0 radical (unpaired) electrons. The molecule has 0 spiro atoms. The number of esters is 1. The minimum atomic E-state index is -1.07. The Hall–Kier alpha value is -2.69. The van der Waals surface area contributed by atoms with E-state index in [4.69, 9.17) is 9.84 Å². The molecule has 0 atom stereocenters. The molecule has 0 bridgehead atoms. The van der Waals surface area contributed by atoms with Gasteiger partial charge >= 0.3 is 11.9 Å². The molecular weight excluding hydrogens is 402 g/mol. The van der Waals surface area contributed by atoms with Gasteiger partial charge in [0.05, 0.1) is 11.1 Å². The van der Waals surface area contributed by atoms with Gasteiger partial charge in [0, 0.05) is 12.3 Å². The predicted molar refractivity (Wildman–Crippen MR) is 126 cm³/mol. The van der Waals surface area contributed by atoms with E-state index in [-0.39, 0.29) is 22.3 Å². The van der Waals surface area contributed by atoms with Crippen molar-refractivity contribution in [1.82, 2.24) is 4.98 Å². The first kappa shape index (κ1) is 24.0. The van der Waals surface area contributed by atoms with Gasteiger partial charge in [-0.05, 0) is 65.3 Å². The number of hydrogen-bond donors (Lipinski definition) is 1. The first-order valence-corrected chi connectivity index (χ1v) is 11.6. The largest absolute Gasteiger partial charge is 0.478 e. The maximum absolute atomic E-state index is 13.2. The van der Waals surface area contributed by atoms with Gasteiger partial charge in [0.2, 0.25) is 5.88 Å². The Morgan fingerprint density at radius 3 is 2.22 bits per heavy atom. The summed E-state index contributed by atoms with van der Waals surface area (Å²) in [6.45, 7) is 11.2. The Bertz CT molecular complexity index is 989. The number of pyridine rings is 1. The van der Waals surface area contributed by atoms with Crippen LogP contribution in [0.3, 0.4) is 0 Å². The van der Waals surface area contributed by atoms with E-state index < -0.39 is 11.9 Å². The molecule has 1 heterocycles. The number of nitrogens with zero attached hydrogens (tertiary/aromatic N) is 1. The van der Waals surface area contributed by atoms with Gasteiger partial charge in [-0.1, -0.05) is 59.9 Å². The van der Waals surface area contributed by atoms with E-state index in [1.807, 2.05) is 6.07 Å². The fraction of sp³-hybridized carbons (Fsp3) is 0.519. The topological polar surface area (TPSA) is 76.5 Å².